The van der Waals surface area contributed by atoms with Crippen molar-refractivity contribution in [1.82, 2.24) is 24.6 Å². The molecule has 1 N–H and O–H groups in total. The molecule has 21 heavy (non-hydrogen) atoms. The van der Waals surface area contributed by atoms with Crippen molar-refractivity contribution < 1.29 is 5.11 Å². The second-order valence-corrected chi connectivity index (χ2v) is 5.97. The molecule has 1 aromatic rings. The topological polar surface area (TPSA) is 57.4 Å². The number of hydrogen-bond donors (Lipinski definition) is 1. The molecular weight excluding hydrogens is 266 g/mol. The van der Waals surface area contributed by atoms with E-state index in [1.165, 1.54) is 0 Å². The van der Waals surface area contributed by atoms with Gasteiger partial charge in [0.05, 0.1) is 12.6 Å². The third-order valence-electron chi connectivity index (χ3n) is 3.84. The van der Waals surface area contributed by atoms with Gasteiger partial charge in [-0.2, -0.15) is 0 Å². The summed E-state index contributed by atoms with van der Waals surface area (Å²) in [5.41, 5.74) is 0. The Kier molecular flexibility index (Phi) is 5.90. The van der Waals surface area contributed by atoms with E-state index in [4.69, 9.17) is 0 Å². The van der Waals surface area contributed by atoms with Gasteiger partial charge in [-0.15, -0.1) is 10.2 Å². The van der Waals surface area contributed by atoms with E-state index < -0.39 is 0 Å². The van der Waals surface area contributed by atoms with Crippen molar-refractivity contribution in [2.45, 2.75) is 39.5 Å². The third-order valence-corrected chi connectivity index (χ3v) is 3.84. The molecule has 1 fully saturated rings. The summed E-state index contributed by atoms with van der Waals surface area (Å²) in [5, 5.41) is 18.4. The number of β-amino-alcohol motifs (C(OH)–C–C–N with tert-alkyl or cyclic N) is 1. The maximum atomic E-state index is 10.2. The van der Waals surface area contributed by atoms with E-state index in [1.54, 1.807) is 6.33 Å². The zero-order valence-electron chi connectivity index (χ0n) is 13.3. The van der Waals surface area contributed by atoms with Crippen LogP contribution in [0.3, 0.4) is 0 Å². The minimum absolute atomic E-state index is 0.312. The monoisotopic (exact) mass is 293 g/mol. The van der Waals surface area contributed by atoms with Gasteiger partial charge in [0.25, 0.3) is 0 Å². The highest BCUT2D eigenvalue weighted by atomic mass is 16.3. The van der Waals surface area contributed by atoms with Crippen LogP contribution in [0.1, 0.15) is 32.6 Å². The summed E-state index contributed by atoms with van der Waals surface area (Å²) in [7, 11) is 0. The third kappa shape index (κ3) is 4.62. The number of aliphatic hydroxyl groups is 1. The lowest BCUT2D eigenvalue weighted by atomic mass is 10.3. The summed E-state index contributed by atoms with van der Waals surface area (Å²) in [6.07, 6.45) is 5.66. The van der Waals surface area contributed by atoms with Gasteiger partial charge in [0.1, 0.15) is 12.2 Å². The van der Waals surface area contributed by atoms with E-state index in [2.05, 4.69) is 50.6 Å². The fourth-order valence-electron chi connectivity index (χ4n) is 2.69. The van der Waals surface area contributed by atoms with E-state index >= 15 is 0 Å². The van der Waals surface area contributed by atoms with Crippen molar-refractivity contribution in [3.05, 3.63) is 24.3 Å². The maximum Gasteiger partial charge on any atom is 0.147 e. The lowest BCUT2D eigenvalue weighted by Crippen LogP contribution is -2.33. The fraction of sp³-hybridized carbons (Fsp3) is 0.733. The second-order valence-electron chi connectivity index (χ2n) is 5.97. The number of allylic oxidation sites excluding steroid dienone is 1. The van der Waals surface area contributed by atoms with Crippen molar-refractivity contribution in [3.8, 4) is 0 Å². The normalized spacial score (nSPS) is 22.2. The zero-order chi connectivity index (χ0) is 15.2. The van der Waals surface area contributed by atoms with Crippen molar-refractivity contribution in [2.24, 2.45) is 0 Å². The van der Waals surface area contributed by atoms with Crippen molar-refractivity contribution in [3.63, 3.8) is 0 Å². The van der Waals surface area contributed by atoms with Gasteiger partial charge in [0.2, 0.25) is 0 Å². The van der Waals surface area contributed by atoms with E-state index in [0.29, 0.717) is 12.6 Å². The average Bonchev–Trinajstić information content (AvgIpc) is 2.82. The molecule has 2 rings (SSSR count). The van der Waals surface area contributed by atoms with Crippen LogP contribution in [0.15, 0.2) is 18.5 Å². The lowest BCUT2D eigenvalue weighted by Gasteiger charge is -2.21. The van der Waals surface area contributed by atoms with Crippen molar-refractivity contribution in [2.75, 3.05) is 32.7 Å². The molecule has 118 valence electrons. The summed E-state index contributed by atoms with van der Waals surface area (Å²) >= 11 is 0. The van der Waals surface area contributed by atoms with E-state index in [9.17, 15) is 5.11 Å². The summed E-state index contributed by atoms with van der Waals surface area (Å²) in [4.78, 5) is 4.56. The van der Waals surface area contributed by atoms with E-state index in [1.807, 2.05) is 6.92 Å². The van der Waals surface area contributed by atoms with Crippen LogP contribution in [0.5, 0.6) is 0 Å². The SMILES string of the molecule is C/C=C/CN1CCN(Cc2nncn2C(C)C)C[C@@H](O)C1. The summed E-state index contributed by atoms with van der Waals surface area (Å²) < 4.78 is 2.09. The van der Waals surface area contributed by atoms with Crippen LogP contribution >= 0.6 is 0 Å². The highest BCUT2D eigenvalue weighted by Crippen LogP contribution is 2.11. The van der Waals surface area contributed by atoms with Gasteiger partial charge >= 0.3 is 0 Å². The van der Waals surface area contributed by atoms with Crippen LogP contribution in [-0.4, -0.2) is 68.5 Å². The maximum absolute atomic E-state index is 10.2. The molecule has 0 bridgehead atoms. The van der Waals surface area contributed by atoms with Crippen LogP contribution in [-0.2, 0) is 6.54 Å². The largest absolute Gasteiger partial charge is 0.390 e. The Morgan fingerprint density at radius 2 is 2.05 bits per heavy atom. The summed E-state index contributed by atoms with van der Waals surface area (Å²) in [6.45, 7) is 11.3. The van der Waals surface area contributed by atoms with Gasteiger partial charge in [-0.3, -0.25) is 9.80 Å². The second kappa shape index (κ2) is 7.68. The van der Waals surface area contributed by atoms with Gasteiger partial charge in [-0.25, -0.2) is 0 Å². The highest BCUT2D eigenvalue weighted by Gasteiger charge is 2.22. The Balaban J connectivity index is 1.96. The number of aliphatic hydroxyl groups excluding tert-OH is 1. The number of nitrogens with zero attached hydrogens (tertiary/aromatic N) is 5. The van der Waals surface area contributed by atoms with Gasteiger partial charge in [0, 0.05) is 38.8 Å². The quantitative estimate of drug-likeness (QED) is 0.818. The van der Waals surface area contributed by atoms with Crippen molar-refractivity contribution >= 4 is 0 Å². The molecule has 1 aliphatic rings. The molecular formula is C15H27N5O. The minimum atomic E-state index is -0.312. The molecule has 1 atom stereocenters. The first-order chi connectivity index (χ1) is 10.1. The van der Waals surface area contributed by atoms with Crippen LogP contribution in [0.25, 0.3) is 0 Å². The molecule has 6 heteroatoms. The fourth-order valence-corrected chi connectivity index (χ4v) is 2.69. The Labute approximate surface area is 127 Å². The molecule has 0 saturated carbocycles. The van der Waals surface area contributed by atoms with Gasteiger partial charge < -0.3 is 9.67 Å². The average molecular weight is 293 g/mol. The first-order valence-corrected chi connectivity index (χ1v) is 7.72. The van der Waals surface area contributed by atoms with E-state index in [0.717, 1.165) is 38.5 Å². The Bertz CT molecular complexity index is 457. The van der Waals surface area contributed by atoms with Gasteiger partial charge in [0.15, 0.2) is 0 Å². The smallest absolute Gasteiger partial charge is 0.147 e. The molecule has 2 heterocycles. The summed E-state index contributed by atoms with van der Waals surface area (Å²) in [5.74, 6) is 0.971. The molecule has 6 nitrogen and oxygen atoms in total. The van der Waals surface area contributed by atoms with Crippen molar-refractivity contribution in [1.29, 1.82) is 0 Å². The first-order valence-electron chi connectivity index (χ1n) is 7.72. The first kappa shape index (κ1) is 16.1. The Hall–Kier alpha value is -1.24. The predicted octanol–water partition coefficient (Wildman–Crippen LogP) is 0.914. The predicted molar refractivity (Wildman–Crippen MR) is 82.9 cm³/mol. The molecule has 0 aromatic carbocycles. The molecule has 0 aliphatic carbocycles. The molecule has 0 spiro atoms. The molecule has 1 aromatic heterocycles. The Morgan fingerprint density at radius 3 is 2.76 bits per heavy atom. The van der Waals surface area contributed by atoms with Crippen LogP contribution in [0.2, 0.25) is 0 Å². The number of aromatic nitrogens is 3. The van der Waals surface area contributed by atoms with E-state index in [-0.39, 0.29) is 6.10 Å². The van der Waals surface area contributed by atoms with Crippen LogP contribution < -0.4 is 0 Å². The minimum Gasteiger partial charge on any atom is -0.390 e. The lowest BCUT2D eigenvalue weighted by molar-refractivity contribution is 0.109. The number of rotatable bonds is 5. The molecule has 1 saturated heterocycles. The summed E-state index contributed by atoms with van der Waals surface area (Å²) in [6, 6.07) is 0.359. The molecule has 0 amide bonds. The zero-order valence-corrected chi connectivity index (χ0v) is 13.3. The van der Waals surface area contributed by atoms with Gasteiger partial charge in [-0.05, 0) is 20.8 Å². The van der Waals surface area contributed by atoms with Crippen LogP contribution in [0, 0.1) is 0 Å². The Morgan fingerprint density at radius 1 is 1.33 bits per heavy atom. The molecule has 0 unspecified atom stereocenters. The van der Waals surface area contributed by atoms with Crippen LogP contribution in [0.4, 0.5) is 0 Å². The number of hydrogen-bond acceptors (Lipinski definition) is 5. The highest BCUT2D eigenvalue weighted by molar-refractivity contribution is 4.90. The standard InChI is InChI=1S/C15H27N5O/c1-4-5-6-18-7-8-19(10-14(21)9-18)11-15-17-16-12-20(15)13(2)3/h4-5,12-14,21H,6-11H2,1-3H3/b5-4+/t14-/m0/s1. The van der Waals surface area contributed by atoms with Gasteiger partial charge in [-0.1, -0.05) is 12.2 Å². The molecule has 0 radical (unpaired) electrons. The molecule has 1 aliphatic heterocycles.